The third-order valence-corrected chi connectivity index (χ3v) is 4.54. The average Bonchev–Trinajstić information content (AvgIpc) is 2.85. The largest absolute Gasteiger partial charge is 0.340 e. The van der Waals surface area contributed by atoms with Crippen LogP contribution in [0.5, 0.6) is 0 Å². The lowest BCUT2D eigenvalue weighted by Gasteiger charge is -2.15. The number of benzene rings is 2. The lowest BCUT2D eigenvalue weighted by molar-refractivity contribution is 0.0974. The number of nitrogens with zero attached hydrogens (tertiary/aromatic N) is 1. The van der Waals surface area contributed by atoms with Gasteiger partial charge in [-0.1, -0.05) is 54.6 Å². The van der Waals surface area contributed by atoms with Crippen LogP contribution in [-0.4, -0.2) is 16.1 Å². The van der Waals surface area contributed by atoms with Crippen molar-refractivity contribution in [1.29, 1.82) is 0 Å². The van der Waals surface area contributed by atoms with Crippen LogP contribution in [0.3, 0.4) is 0 Å². The summed E-state index contributed by atoms with van der Waals surface area (Å²) >= 11 is 0. The van der Waals surface area contributed by atoms with Crippen LogP contribution in [0.2, 0.25) is 0 Å². The molecule has 0 fully saturated rings. The number of rotatable bonds is 1. The Bertz CT molecular complexity index is 906. The Morgan fingerprint density at radius 2 is 1.30 bits per heavy atom. The van der Waals surface area contributed by atoms with Crippen LogP contribution in [0.15, 0.2) is 54.6 Å². The Kier molecular flexibility index (Phi) is 2.85. The fourth-order valence-electron chi connectivity index (χ4n) is 3.52. The van der Waals surface area contributed by atoms with Crippen molar-refractivity contribution in [3.05, 3.63) is 82.5 Å². The molecule has 0 radical (unpaired) electrons. The molecule has 3 nitrogen and oxygen atoms in total. The molecule has 23 heavy (non-hydrogen) atoms. The highest BCUT2D eigenvalue weighted by Crippen LogP contribution is 2.36. The molecule has 2 aromatic carbocycles. The summed E-state index contributed by atoms with van der Waals surface area (Å²) in [7, 11) is 1.85. The summed E-state index contributed by atoms with van der Waals surface area (Å²) in [5.74, 6) is -0.145. The maximum absolute atomic E-state index is 12.9. The van der Waals surface area contributed by atoms with Gasteiger partial charge in [0.1, 0.15) is 5.69 Å². The van der Waals surface area contributed by atoms with Gasteiger partial charge in [-0.15, -0.1) is 0 Å². The fraction of sp³-hybridized carbons (Fsp3) is 0.100. The number of fused-ring (bicyclic) bond motifs is 2. The van der Waals surface area contributed by atoms with Crippen molar-refractivity contribution in [2.24, 2.45) is 7.05 Å². The normalized spacial score (nSPS) is 13.0. The number of carbonyl (C=O) groups is 2. The first-order valence-electron chi connectivity index (χ1n) is 7.54. The average molecular weight is 301 g/mol. The smallest absolute Gasteiger partial charge is 0.210 e. The van der Waals surface area contributed by atoms with E-state index in [0.717, 1.165) is 16.8 Å². The van der Waals surface area contributed by atoms with Gasteiger partial charge in [-0.3, -0.25) is 9.59 Å². The lowest BCUT2D eigenvalue weighted by Crippen LogP contribution is -2.22. The topological polar surface area (TPSA) is 39.1 Å². The van der Waals surface area contributed by atoms with E-state index in [0.29, 0.717) is 22.4 Å². The van der Waals surface area contributed by atoms with Gasteiger partial charge in [0.05, 0.1) is 11.3 Å². The molecule has 0 aliphatic heterocycles. The molecule has 1 aromatic heterocycles. The molecule has 0 atom stereocenters. The molecule has 0 saturated carbocycles. The van der Waals surface area contributed by atoms with Crippen LogP contribution in [0.1, 0.15) is 37.5 Å². The summed E-state index contributed by atoms with van der Waals surface area (Å²) < 4.78 is 1.86. The van der Waals surface area contributed by atoms with Crippen molar-refractivity contribution in [2.45, 2.75) is 6.92 Å². The minimum absolute atomic E-state index is 0.0644. The first-order chi connectivity index (χ1) is 11.1. The van der Waals surface area contributed by atoms with Crippen molar-refractivity contribution in [3.8, 4) is 11.3 Å². The highest BCUT2D eigenvalue weighted by atomic mass is 16.1. The van der Waals surface area contributed by atoms with Gasteiger partial charge >= 0.3 is 0 Å². The second-order valence-electron chi connectivity index (χ2n) is 5.83. The lowest BCUT2D eigenvalue weighted by atomic mass is 9.86. The molecule has 3 aromatic rings. The maximum atomic E-state index is 12.9. The monoisotopic (exact) mass is 301 g/mol. The van der Waals surface area contributed by atoms with E-state index in [1.54, 1.807) is 24.3 Å². The van der Waals surface area contributed by atoms with Crippen molar-refractivity contribution < 1.29 is 9.59 Å². The predicted octanol–water partition coefficient (Wildman–Crippen LogP) is 3.78. The van der Waals surface area contributed by atoms with Gasteiger partial charge in [0.2, 0.25) is 5.78 Å². The van der Waals surface area contributed by atoms with E-state index in [1.807, 2.05) is 48.9 Å². The third kappa shape index (κ3) is 1.77. The Balaban J connectivity index is 2.05. The van der Waals surface area contributed by atoms with Crippen molar-refractivity contribution >= 4 is 11.6 Å². The van der Waals surface area contributed by atoms with Crippen LogP contribution in [0, 0.1) is 6.92 Å². The maximum Gasteiger partial charge on any atom is 0.210 e. The van der Waals surface area contributed by atoms with Crippen LogP contribution in [0.4, 0.5) is 0 Å². The van der Waals surface area contributed by atoms with Crippen LogP contribution >= 0.6 is 0 Å². The molecule has 3 heteroatoms. The quantitative estimate of drug-likeness (QED) is 0.537. The number of carbonyl (C=O) groups excluding carboxylic acids is 2. The van der Waals surface area contributed by atoms with E-state index in [2.05, 4.69) is 0 Å². The number of ketones is 2. The van der Waals surface area contributed by atoms with E-state index >= 15 is 0 Å². The van der Waals surface area contributed by atoms with E-state index in [1.165, 1.54) is 0 Å². The standard InChI is InChI=1S/C20H15NO2/c1-12-16-18(21(2)17(12)13-8-4-3-5-9-13)20(23)15-11-7-6-10-14(15)19(16)22/h3-11H,1-2H3. The van der Waals surface area contributed by atoms with Crippen molar-refractivity contribution in [2.75, 3.05) is 0 Å². The van der Waals surface area contributed by atoms with Crippen LogP contribution in [-0.2, 0) is 7.05 Å². The molecule has 0 spiro atoms. The zero-order valence-corrected chi connectivity index (χ0v) is 13.0. The van der Waals surface area contributed by atoms with Gasteiger partial charge in [0, 0.05) is 18.2 Å². The molecule has 4 rings (SSSR count). The molecular formula is C20H15NO2. The second-order valence-corrected chi connectivity index (χ2v) is 5.83. The Hall–Kier alpha value is -2.94. The minimum Gasteiger partial charge on any atom is -0.340 e. The molecule has 1 heterocycles. The Morgan fingerprint density at radius 1 is 0.739 bits per heavy atom. The van der Waals surface area contributed by atoms with Crippen molar-refractivity contribution in [3.63, 3.8) is 0 Å². The van der Waals surface area contributed by atoms with Gasteiger partial charge in [0.15, 0.2) is 5.78 Å². The molecule has 0 saturated heterocycles. The van der Waals surface area contributed by atoms with E-state index in [4.69, 9.17) is 0 Å². The molecule has 0 unspecified atom stereocenters. The van der Waals surface area contributed by atoms with E-state index in [-0.39, 0.29) is 11.6 Å². The first-order valence-corrected chi connectivity index (χ1v) is 7.54. The highest BCUT2D eigenvalue weighted by Gasteiger charge is 2.35. The van der Waals surface area contributed by atoms with Gasteiger partial charge in [-0.2, -0.15) is 0 Å². The molecule has 1 aliphatic carbocycles. The predicted molar refractivity (Wildman–Crippen MR) is 88.9 cm³/mol. The number of hydrogen-bond donors (Lipinski definition) is 0. The van der Waals surface area contributed by atoms with Gasteiger partial charge in [-0.25, -0.2) is 0 Å². The summed E-state index contributed by atoms with van der Waals surface area (Å²) in [5.41, 5.74) is 4.81. The number of hydrogen-bond acceptors (Lipinski definition) is 2. The minimum atomic E-state index is -0.0806. The van der Waals surface area contributed by atoms with E-state index < -0.39 is 0 Å². The Morgan fingerprint density at radius 3 is 1.96 bits per heavy atom. The molecule has 1 aliphatic rings. The summed E-state index contributed by atoms with van der Waals surface area (Å²) in [6, 6.07) is 16.9. The van der Waals surface area contributed by atoms with Gasteiger partial charge < -0.3 is 4.57 Å². The molecule has 112 valence electrons. The third-order valence-electron chi connectivity index (χ3n) is 4.54. The number of aromatic nitrogens is 1. The summed E-state index contributed by atoms with van der Waals surface area (Å²) in [5, 5.41) is 0. The fourth-order valence-corrected chi connectivity index (χ4v) is 3.52. The molecule has 0 bridgehead atoms. The van der Waals surface area contributed by atoms with Gasteiger partial charge in [-0.05, 0) is 18.1 Å². The molecule has 0 N–H and O–H groups in total. The van der Waals surface area contributed by atoms with Crippen LogP contribution < -0.4 is 0 Å². The zero-order valence-electron chi connectivity index (χ0n) is 13.0. The molecular weight excluding hydrogens is 286 g/mol. The second kappa shape index (κ2) is 4.78. The van der Waals surface area contributed by atoms with Gasteiger partial charge in [0.25, 0.3) is 0 Å². The Labute approximate surface area is 134 Å². The zero-order chi connectivity index (χ0) is 16.1. The SMILES string of the molecule is Cc1c2c(n(C)c1-c1ccccc1)C(=O)c1ccccc1C2=O. The van der Waals surface area contributed by atoms with Crippen molar-refractivity contribution in [1.82, 2.24) is 4.57 Å². The first kappa shape index (κ1) is 13.7. The van der Waals surface area contributed by atoms with E-state index in [9.17, 15) is 9.59 Å². The summed E-state index contributed by atoms with van der Waals surface area (Å²) in [6.45, 7) is 1.92. The molecule has 0 amide bonds. The van der Waals surface area contributed by atoms with Crippen LogP contribution in [0.25, 0.3) is 11.3 Å². The summed E-state index contributed by atoms with van der Waals surface area (Å²) in [4.78, 5) is 25.8. The highest BCUT2D eigenvalue weighted by molar-refractivity contribution is 6.29. The summed E-state index contributed by atoms with van der Waals surface area (Å²) in [6.07, 6.45) is 0.